The van der Waals surface area contributed by atoms with Gasteiger partial charge in [0.25, 0.3) is 0 Å². The molecule has 0 spiro atoms. The van der Waals surface area contributed by atoms with Crippen LogP contribution < -0.4 is 0 Å². The van der Waals surface area contributed by atoms with Crippen LogP contribution in [0.3, 0.4) is 0 Å². The van der Waals surface area contributed by atoms with Crippen molar-refractivity contribution in [1.29, 1.82) is 0 Å². The molecule has 1 aliphatic heterocycles. The zero-order chi connectivity index (χ0) is 23.0. The third kappa shape index (κ3) is 3.28. The third-order valence-electron chi connectivity index (χ3n) is 7.30. The maximum Gasteiger partial charge on any atom is 0.333 e. The van der Waals surface area contributed by atoms with Crippen molar-refractivity contribution in [3.8, 4) is 0 Å². The minimum atomic E-state index is -1.16. The first kappa shape index (κ1) is 22.8. The summed E-state index contributed by atoms with van der Waals surface area (Å²) in [6, 6.07) is 0. The highest BCUT2D eigenvalue weighted by Gasteiger charge is 2.75. The van der Waals surface area contributed by atoms with Gasteiger partial charge in [0, 0.05) is 17.1 Å². The van der Waals surface area contributed by atoms with Gasteiger partial charge in [-0.05, 0) is 52.0 Å². The Labute approximate surface area is 180 Å². The second-order valence-corrected chi connectivity index (χ2v) is 8.65. The molecule has 0 radical (unpaired) electrons. The number of cyclic esters (lactones) is 1. The zero-order valence-corrected chi connectivity index (χ0v) is 18.2. The van der Waals surface area contributed by atoms with Crippen LogP contribution in [0.5, 0.6) is 0 Å². The van der Waals surface area contributed by atoms with Crippen molar-refractivity contribution in [2.45, 2.75) is 51.6 Å². The molecule has 1 heterocycles. The molecule has 0 aromatic carbocycles. The molecule has 168 valence electrons. The largest absolute Gasteiger partial charge is 0.478 e. The molecule has 2 fully saturated rings. The maximum absolute atomic E-state index is 13.4. The Morgan fingerprint density at radius 3 is 2.55 bits per heavy atom. The number of esters is 3. The lowest BCUT2D eigenvalue weighted by atomic mass is 9.54. The predicted molar refractivity (Wildman–Crippen MR) is 109 cm³/mol. The Hall–Kier alpha value is -2.90. The minimum absolute atomic E-state index is 0.131. The highest BCUT2D eigenvalue weighted by Crippen LogP contribution is 2.69. The number of carboxylic acid groups (broad SMARTS) is 1. The second-order valence-electron chi connectivity index (χ2n) is 8.65. The van der Waals surface area contributed by atoms with E-state index in [4.69, 9.17) is 19.3 Å². The van der Waals surface area contributed by atoms with Crippen LogP contribution in [0.25, 0.3) is 0 Å². The topological polar surface area (TPSA) is 116 Å². The molecule has 8 nitrogen and oxygen atoms in total. The highest BCUT2D eigenvalue weighted by atomic mass is 16.6. The predicted octanol–water partition coefficient (Wildman–Crippen LogP) is 2.73. The van der Waals surface area contributed by atoms with Crippen molar-refractivity contribution < 1.29 is 38.5 Å². The van der Waals surface area contributed by atoms with Crippen LogP contribution in [0, 0.1) is 16.7 Å². The number of rotatable bonds is 5. The van der Waals surface area contributed by atoms with E-state index in [1.165, 1.54) is 27.2 Å². The summed E-state index contributed by atoms with van der Waals surface area (Å²) in [7, 11) is 2.60. The third-order valence-corrected chi connectivity index (χ3v) is 7.30. The van der Waals surface area contributed by atoms with E-state index in [1.807, 2.05) is 0 Å². The second kappa shape index (κ2) is 7.98. The standard InChI is InChI=1S/C23H28O8/c1-14(17(24)25)6-5-10-21(2)16-9-12-22(19(27)31-21)11-7-15(18(26)29-3)8-13-23(16,22)20(28)30-4/h5-7,10,16H,8-9,11-13H2,1-4H3,(H,24,25)/b10-5+,14-6+/t16-,21+,22+,23+/m0/s1. The van der Waals surface area contributed by atoms with Crippen molar-refractivity contribution >= 4 is 23.9 Å². The summed E-state index contributed by atoms with van der Waals surface area (Å²) in [6.07, 6.45) is 8.03. The number of allylic oxidation sites excluding steroid dienone is 3. The number of aliphatic carboxylic acids is 1. The number of methoxy groups -OCH3 is 2. The summed E-state index contributed by atoms with van der Waals surface area (Å²) in [5.41, 5.74) is -2.83. The molecule has 0 amide bonds. The van der Waals surface area contributed by atoms with E-state index in [1.54, 1.807) is 25.2 Å². The molecule has 3 aliphatic rings. The van der Waals surface area contributed by atoms with E-state index in [0.29, 0.717) is 18.4 Å². The van der Waals surface area contributed by atoms with Gasteiger partial charge in [-0.25, -0.2) is 9.59 Å². The Morgan fingerprint density at radius 1 is 1.23 bits per heavy atom. The highest BCUT2D eigenvalue weighted by molar-refractivity contribution is 5.94. The number of carbonyl (C=O) groups is 4. The van der Waals surface area contributed by atoms with Gasteiger partial charge >= 0.3 is 23.9 Å². The number of ether oxygens (including phenoxy) is 3. The quantitative estimate of drug-likeness (QED) is 0.305. The first-order valence-corrected chi connectivity index (χ1v) is 10.3. The van der Waals surface area contributed by atoms with Crippen LogP contribution in [0.15, 0.2) is 35.5 Å². The van der Waals surface area contributed by atoms with E-state index in [9.17, 15) is 19.2 Å². The number of hydrogen-bond donors (Lipinski definition) is 1. The van der Waals surface area contributed by atoms with Gasteiger partial charge in [-0.15, -0.1) is 0 Å². The van der Waals surface area contributed by atoms with Crippen LogP contribution in [0.1, 0.15) is 46.0 Å². The van der Waals surface area contributed by atoms with Crippen LogP contribution in [0.4, 0.5) is 0 Å². The molecule has 1 saturated heterocycles. The molecule has 3 rings (SSSR count). The van der Waals surface area contributed by atoms with Gasteiger partial charge in [-0.3, -0.25) is 9.59 Å². The van der Waals surface area contributed by atoms with E-state index in [0.717, 1.165) is 0 Å². The molecule has 31 heavy (non-hydrogen) atoms. The van der Waals surface area contributed by atoms with Crippen LogP contribution in [0.2, 0.25) is 0 Å². The summed E-state index contributed by atoms with van der Waals surface area (Å²) in [5, 5.41) is 9.06. The first-order chi connectivity index (χ1) is 14.6. The van der Waals surface area contributed by atoms with Gasteiger partial charge in [0.2, 0.25) is 0 Å². The molecule has 1 N–H and O–H groups in total. The SMILES string of the molecule is COC(=O)C1=CC[C@@]23CC[C@@H]([C@@](C)(/C=C/C=C(\C)C(=O)O)OC2=O)[C@@]3(C(=O)OC)CC1. The molecule has 2 aliphatic carbocycles. The number of carbonyl (C=O) groups excluding carboxylic acids is 3. The summed E-state index contributed by atoms with van der Waals surface area (Å²) in [6.45, 7) is 3.19. The van der Waals surface area contributed by atoms with Gasteiger partial charge in [-0.1, -0.05) is 18.2 Å². The smallest absolute Gasteiger partial charge is 0.333 e. The molecule has 0 aromatic rings. The zero-order valence-electron chi connectivity index (χ0n) is 18.2. The van der Waals surface area contributed by atoms with Crippen LogP contribution in [-0.4, -0.2) is 48.8 Å². The van der Waals surface area contributed by atoms with E-state index in [-0.39, 0.29) is 30.8 Å². The fourth-order valence-corrected chi connectivity index (χ4v) is 5.68. The van der Waals surface area contributed by atoms with E-state index in [2.05, 4.69) is 0 Å². The van der Waals surface area contributed by atoms with Gasteiger partial charge in [0.15, 0.2) is 0 Å². The fourth-order valence-electron chi connectivity index (χ4n) is 5.68. The van der Waals surface area contributed by atoms with E-state index < -0.39 is 40.3 Å². The maximum atomic E-state index is 13.4. The average molecular weight is 432 g/mol. The molecular weight excluding hydrogens is 404 g/mol. The first-order valence-electron chi connectivity index (χ1n) is 10.3. The summed E-state index contributed by atoms with van der Waals surface area (Å²) in [5.74, 6) is -2.89. The Bertz CT molecular complexity index is 913. The van der Waals surface area contributed by atoms with Crippen LogP contribution in [-0.2, 0) is 33.4 Å². The Balaban J connectivity index is 2.10. The van der Waals surface area contributed by atoms with Crippen molar-refractivity contribution in [1.82, 2.24) is 0 Å². The lowest BCUT2D eigenvalue weighted by Crippen LogP contribution is -2.63. The summed E-state index contributed by atoms with van der Waals surface area (Å²) in [4.78, 5) is 50.0. The lowest BCUT2D eigenvalue weighted by Gasteiger charge is -2.53. The van der Waals surface area contributed by atoms with Crippen molar-refractivity contribution in [3.05, 3.63) is 35.5 Å². The molecular formula is C23H28O8. The monoisotopic (exact) mass is 432 g/mol. The molecule has 0 unspecified atom stereocenters. The van der Waals surface area contributed by atoms with Crippen molar-refractivity contribution in [2.24, 2.45) is 16.7 Å². The molecule has 2 bridgehead atoms. The molecule has 8 heteroatoms. The van der Waals surface area contributed by atoms with Gasteiger partial charge in [-0.2, -0.15) is 0 Å². The van der Waals surface area contributed by atoms with Gasteiger partial charge < -0.3 is 19.3 Å². The van der Waals surface area contributed by atoms with Gasteiger partial charge in [0.1, 0.15) is 5.60 Å². The average Bonchev–Trinajstić information content (AvgIpc) is 2.91. The minimum Gasteiger partial charge on any atom is -0.478 e. The summed E-state index contributed by atoms with van der Waals surface area (Å²) < 4.78 is 16.0. The number of carboxylic acids is 1. The fraction of sp³-hybridized carbons (Fsp3) is 0.565. The van der Waals surface area contributed by atoms with Gasteiger partial charge in [0.05, 0.1) is 25.0 Å². The van der Waals surface area contributed by atoms with Crippen molar-refractivity contribution in [3.63, 3.8) is 0 Å². The van der Waals surface area contributed by atoms with Crippen LogP contribution >= 0.6 is 0 Å². The molecule has 1 saturated carbocycles. The Kier molecular flexibility index (Phi) is 5.86. The Morgan fingerprint density at radius 2 is 1.94 bits per heavy atom. The summed E-state index contributed by atoms with van der Waals surface area (Å²) >= 11 is 0. The molecule has 4 atom stereocenters. The lowest BCUT2D eigenvalue weighted by molar-refractivity contribution is -0.214. The van der Waals surface area contributed by atoms with Crippen molar-refractivity contribution in [2.75, 3.05) is 14.2 Å². The normalized spacial score (nSPS) is 35.0. The number of hydrogen-bond acceptors (Lipinski definition) is 7. The van der Waals surface area contributed by atoms with E-state index >= 15 is 0 Å². The molecule has 0 aromatic heterocycles.